The van der Waals surface area contributed by atoms with Crippen LogP contribution in [0.3, 0.4) is 0 Å². The Morgan fingerprint density at radius 3 is 1.67 bits per heavy atom. The van der Waals surface area contributed by atoms with Gasteiger partial charge in [0.2, 0.25) is 11.8 Å². The van der Waals surface area contributed by atoms with Gasteiger partial charge < -0.3 is 10.2 Å². The van der Waals surface area contributed by atoms with Gasteiger partial charge in [-0.05, 0) is 24.0 Å². The molecule has 2 amide bonds. The molecule has 2 aliphatic rings. The molecule has 4 rings (SSSR count). The van der Waals surface area contributed by atoms with Crippen LogP contribution in [0.15, 0.2) is 60.7 Å². The van der Waals surface area contributed by atoms with E-state index in [1.807, 2.05) is 41.3 Å². The van der Waals surface area contributed by atoms with Crippen LogP contribution in [-0.4, -0.2) is 78.9 Å². The fourth-order valence-corrected chi connectivity index (χ4v) is 4.78. The van der Waals surface area contributed by atoms with E-state index in [1.165, 1.54) is 12.8 Å². The van der Waals surface area contributed by atoms with E-state index in [-0.39, 0.29) is 17.9 Å². The van der Waals surface area contributed by atoms with Gasteiger partial charge in [-0.1, -0.05) is 73.5 Å². The topological polar surface area (TPSA) is 55.9 Å². The third kappa shape index (κ3) is 6.89. The summed E-state index contributed by atoms with van der Waals surface area (Å²) in [6, 6.07) is 20.0. The number of nitrogens with zero attached hydrogens (tertiary/aromatic N) is 3. The molecule has 0 atom stereocenters. The molecular weight excluding hydrogens is 412 g/mol. The fourth-order valence-electron chi connectivity index (χ4n) is 4.78. The molecule has 6 nitrogen and oxygen atoms in total. The highest BCUT2D eigenvalue weighted by Crippen LogP contribution is 2.21. The van der Waals surface area contributed by atoms with Crippen molar-refractivity contribution in [2.24, 2.45) is 0 Å². The summed E-state index contributed by atoms with van der Waals surface area (Å²) in [5.74, 6) is 0.290. The van der Waals surface area contributed by atoms with Crippen LogP contribution >= 0.6 is 0 Å². The Morgan fingerprint density at radius 2 is 1.15 bits per heavy atom. The molecule has 6 heteroatoms. The zero-order chi connectivity index (χ0) is 22.9. The lowest BCUT2D eigenvalue weighted by Crippen LogP contribution is -2.52. The van der Waals surface area contributed by atoms with Crippen LogP contribution in [0, 0.1) is 0 Å². The quantitative estimate of drug-likeness (QED) is 0.708. The van der Waals surface area contributed by atoms with E-state index in [1.54, 1.807) is 0 Å². The average Bonchev–Trinajstić information content (AvgIpc) is 3.15. The van der Waals surface area contributed by atoms with Crippen molar-refractivity contribution >= 4 is 11.8 Å². The Hall–Kier alpha value is -2.70. The molecule has 0 spiro atoms. The first-order valence-electron chi connectivity index (χ1n) is 12.3. The molecular formula is C27H36N4O2. The number of hydrogen-bond donors (Lipinski definition) is 1. The van der Waals surface area contributed by atoms with Crippen molar-refractivity contribution in [3.05, 3.63) is 71.8 Å². The van der Waals surface area contributed by atoms with Crippen LogP contribution in [0.4, 0.5) is 0 Å². The number of likely N-dealkylation sites (tertiary alicyclic amines) is 1. The maximum atomic E-state index is 12.9. The summed E-state index contributed by atoms with van der Waals surface area (Å²) in [7, 11) is 0. The standard InChI is InChI=1S/C27H36N4O2/c32-25(28-27(23-11-5-3-6-12-23)24-13-7-4-8-14-24)21-29-17-19-30(20-18-29)22-26(33)31-15-9-1-2-10-16-31/h3-8,11-14,27H,1-2,9-10,15-22H2,(H,28,32). The monoisotopic (exact) mass is 448 g/mol. The van der Waals surface area contributed by atoms with Gasteiger partial charge in [-0.25, -0.2) is 0 Å². The van der Waals surface area contributed by atoms with Gasteiger partial charge in [0.1, 0.15) is 0 Å². The zero-order valence-corrected chi connectivity index (χ0v) is 19.5. The number of rotatable bonds is 7. The van der Waals surface area contributed by atoms with Crippen molar-refractivity contribution in [3.8, 4) is 0 Å². The van der Waals surface area contributed by atoms with Crippen molar-refractivity contribution in [1.29, 1.82) is 0 Å². The van der Waals surface area contributed by atoms with Crippen LogP contribution in [0.2, 0.25) is 0 Å². The molecule has 0 aromatic heterocycles. The molecule has 0 aliphatic carbocycles. The highest BCUT2D eigenvalue weighted by molar-refractivity contribution is 5.79. The molecule has 2 heterocycles. The third-order valence-corrected chi connectivity index (χ3v) is 6.72. The Labute approximate surface area is 197 Å². The second kappa shape index (κ2) is 12.0. The number of hydrogen-bond acceptors (Lipinski definition) is 4. The predicted octanol–water partition coefficient (Wildman–Crippen LogP) is 2.91. The number of piperazine rings is 1. The summed E-state index contributed by atoms with van der Waals surface area (Å²) in [5, 5.41) is 3.23. The highest BCUT2D eigenvalue weighted by atomic mass is 16.2. The fraction of sp³-hybridized carbons (Fsp3) is 0.481. The molecule has 2 saturated heterocycles. The molecule has 176 valence electrons. The minimum absolute atomic E-state index is 0.0294. The average molecular weight is 449 g/mol. The van der Waals surface area contributed by atoms with Gasteiger partial charge in [0.05, 0.1) is 19.1 Å². The summed E-state index contributed by atoms with van der Waals surface area (Å²) < 4.78 is 0. The Balaban J connectivity index is 1.26. The number of carbonyl (C=O) groups is 2. The van der Waals surface area contributed by atoms with Crippen LogP contribution < -0.4 is 5.32 Å². The van der Waals surface area contributed by atoms with Gasteiger partial charge in [0.15, 0.2) is 0 Å². The number of nitrogens with one attached hydrogen (secondary N) is 1. The van der Waals surface area contributed by atoms with Crippen molar-refractivity contribution in [2.75, 3.05) is 52.4 Å². The van der Waals surface area contributed by atoms with E-state index >= 15 is 0 Å². The first-order valence-corrected chi connectivity index (χ1v) is 12.3. The Morgan fingerprint density at radius 1 is 0.667 bits per heavy atom. The number of carbonyl (C=O) groups excluding carboxylic acids is 2. The van der Waals surface area contributed by atoms with Crippen molar-refractivity contribution in [2.45, 2.75) is 31.7 Å². The molecule has 1 N–H and O–H groups in total. The first-order chi connectivity index (χ1) is 16.2. The first kappa shape index (κ1) is 23.5. The lowest BCUT2D eigenvalue weighted by molar-refractivity contribution is -0.133. The summed E-state index contributed by atoms with van der Waals surface area (Å²) in [4.78, 5) is 32.1. The van der Waals surface area contributed by atoms with Crippen LogP contribution in [0.5, 0.6) is 0 Å². The maximum Gasteiger partial charge on any atom is 0.236 e. The normalized spacial score (nSPS) is 18.2. The van der Waals surface area contributed by atoms with Crippen molar-refractivity contribution in [1.82, 2.24) is 20.0 Å². The summed E-state index contributed by atoms with van der Waals surface area (Å²) in [5.41, 5.74) is 2.16. The van der Waals surface area contributed by atoms with E-state index in [2.05, 4.69) is 39.4 Å². The molecule has 0 saturated carbocycles. The Kier molecular flexibility index (Phi) is 8.50. The van der Waals surface area contributed by atoms with E-state index in [0.29, 0.717) is 13.1 Å². The summed E-state index contributed by atoms with van der Waals surface area (Å²) >= 11 is 0. The second-order valence-corrected chi connectivity index (χ2v) is 9.17. The van der Waals surface area contributed by atoms with E-state index in [0.717, 1.165) is 63.2 Å². The van der Waals surface area contributed by atoms with E-state index < -0.39 is 0 Å². The van der Waals surface area contributed by atoms with Gasteiger partial charge in [-0.2, -0.15) is 0 Å². The van der Waals surface area contributed by atoms with Gasteiger partial charge in [-0.3, -0.25) is 19.4 Å². The zero-order valence-electron chi connectivity index (χ0n) is 19.5. The van der Waals surface area contributed by atoms with Crippen LogP contribution in [-0.2, 0) is 9.59 Å². The minimum Gasteiger partial charge on any atom is -0.344 e. The molecule has 2 aliphatic heterocycles. The molecule has 0 radical (unpaired) electrons. The second-order valence-electron chi connectivity index (χ2n) is 9.17. The predicted molar refractivity (Wildman–Crippen MR) is 131 cm³/mol. The van der Waals surface area contributed by atoms with E-state index in [4.69, 9.17) is 0 Å². The van der Waals surface area contributed by atoms with Gasteiger partial charge in [0, 0.05) is 39.3 Å². The molecule has 0 bridgehead atoms. The summed E-state index contributed by atoms with van der Waals surface area (Å²) in [6.45, 7) is 5.96. The number of amides is 2. The van der Waals surface area contributed by atoms with Crippen molar-refractivity contribution in [3.63, 3.8) is 0 Å². The highest BCUT2D eigenvalue weighted by Gasteiger charge is 2.24. The lowest BCUT2D eigenvalue weighted by atomic mass is 9.99. The molecule has 2 aromatic rings. The maximum absolute atomic E-state index is 12.9. The van der Waals surface area contributed by atoms with Gasteiger partial charge >= 0.3 is 0 Å². The van der Waals surface area contributed by atoms with Crippen LogP contribution in [0.25, 0.3) is 0 Å². The smallest absolute Gasteiger partial charge is 0.236 e. The van der Waals surface area contributed by atoms with Crippen molar-refractivity contribution < 1.29 is 9.59 Å². The van der Waals surface area contributed by atoms with Gasteiger partial charge in [0.25, 0.3) is 0 Å². The minimum atomic E-state index is -0.160. The third-order valence-electron chi connectivity index (χ3n) is 6.72. The SMILES string of the molecule is O=C(CN1CCN(CC(=O)N2CCCCCC2)CC1)NC(c1ccccc1)c1ccccc1. The molecule has 33 heavy (non-hydrogen) atoms. The van der Waals surface area contributed by atoms with Crippen LogP contribution in [0.1, 0.15) is 42.9 Å². The molecule has 2 aromatic carbocycles. The summed E-state index contributed by atoms with van der Waals surface area (Å²) in [6.07, 6.45) is 4.73. The largest absolute Gasteiger partial charge is 0.344 e. The lowest BCUT2D eigenvalue weighted by Gasteiger charge is -2.35. The molecule has 2 fully saturated rings. The molecule has 0 unspecified atom stereocenters. The van der Waals surface area contributed by atoms with Gasteiger partial charge in [-0.15, -0.1) is 0 Å². The Bertz CT molecular complexity index is 834. The van der Waals surface area contributed by atoms with E-state index in [9.17, 15) is 9.59 Å². The number of benzene rings is 2.